The molecule has 6 heteroatoms. The number of piperidine rings is 1. The lowest BCUT2D eigenvalue weighted by Crippen LogP contribution is -2.57. The fourth-order valence-corrected chi connectivity index (χ4v) is 2.82. The van der Waals surface area contributed by atoms with E-state index in [0.29, 0.717) is 32.1 Å². The van der Waals surface area contributed by atoms with E-state index < -0.39 is 0 Å². The Morgan fingerprint density at radius 2 is 1.79 bits per heavy atom. The first-order valence-electron chi connectivity index (χ1n) is 6.98. The van der Waals surface area contributed by atoms with Crippen LogP contribution in [0.15, 0.2) is 0 Å². The molecule has 0 aromatic rings. The zero-order valence-electron chi connectivity index (χ0n) is 11.7. The summed E-state index contributed by atoms with van der Waals surface area (Å²) in [6, 6.07) is -0.0570. The Kier molecular flexibility index (Phi) is 4.63. The van der Waals surface area contributed by atoms with E-state index in [1.807, 2.05) is 4.90 Å². The van der Waals surface area contributed by atoms with E-state index in [9.17, 15) is 9.59 Å². The normalized spacial score (nSPS) is 28.1. The van der Waals surface area contributed by atoms with Crippen LogP contribution in [-0.4, -0.2) is 67.7 Å². The van der Waals surface area contributed by atoms with Crippen molar-refractivity contribution in [2.24, 2.45) is 5.92 Å². The van der Waals surface area contributed by atoms with Crippen molar-refractivity contribution in [2.45, 2.75) is 25.8 Å². The highest BCUT2D eigenvalue weighted by Crippen LogP contribution is 2.18. The van der Waals surface area contributed by atoms with E-state index in [-0.39, 0.29) is 18.0 Å². The molecule has 0 bridgehead atoms. The van der Waals surface area contributed by atoms with Crippen LogP contribution in [0.3, 0.4) is 0 Å². The van der Waals surface area contributed by atoms with Gasteiger partial charge >= 0.3 is 6.09 Å². The van der Waals surface area contributed by atoms with Gasteiger partial charge in [0.05, 0.1) is 13.2 Å². The Labute approximate surface area is 114 Å². The third-order valence-electron chi connectivity index (χ3n) is 4.06. The quantitative estimate of drug-likeness (QED) is 0.743. The maximum absolute atomic E-state index is 12.4. The number of hydrogen-bond acceptors (Lipinski definition) is 4. The molecule has 0 spiro atoms. The standard InChI is InChI=1S/C13H23N3O3/c1-10-4-3-5-14-11(10)12(17)15-6-8-16(9-7-15)13(18)19-2/h10-11,14H,3-9H2,1-2H3. The van der Waals surface area contributed by atoms with E-state index >= 15 is 0 Å². The van der Waals surface area contributed by atoms with Crippen molar-refractivity contribution < 1.29 is 14.3 Å². The van der Waals surface area contributed by atoms with Crippen LogP contribution in [0.2, 0.25) is 0 Å². The molecule has 0 radical (unpaired) electrons. The van der Waals surface area contributed by atoms with Crippen molar-refractivity contribution in [1.29, 1.82) is 0 Å². The van der Waals surface area contributed by atoms with Crippen LogP contribution < -0.4 is 5.32 Å². The van der Waals surface area contributed by atoms with E-state index in [1.54, 1.807) is 4.90 Å². The fraction of sp³-hybridized carbons (Fsp3) is 0.846. The van der Waals surface area contributed by atoms with Gasteiger partial charge in [0.2, 0.25) is 5.91 Å². The summed E-state index contributed by atoms with van der Waals surface area (Å²) in [6.07, 6.45) is 1.93. The summed E-state index contributed by atoms with van der Waals surface area (Å²) in [5, 5.41) is 3.31. The molecular formula is C13H23N3O3. The molecule has 2 aliphatic heterocycles. The molecule has 2 unspecified atom stereocenters. The zero-order valence-corrected chi connectivity index (χ0v) is 11.7. The summed E-state index contributed by atoms with van der Waals surface area (Å²) >= 11 is 0. The average Bonchev–Trinajstić information content (AvgIpc) is 2.46. The second kappa shape index (κ2) is 6.23. The van der Waals surface area contributed by atoms with Gasteiger partial charge in [-0.3, -0.25) is 4.79 Å². The molecule has 1 N–H and O–H groups in total. The molecule has 0 aliphatic carbocycles. The van der Waals surface area contributed by atoms with E-state index in [0.717, 1.165) is 19.4 Å². The Hall–Kier alpha value is -1.30. The van der Waals surface area contributed by atoms with Crippen LogP contribution in [0.5, 0.6) is 0 Å². The first-order valence-corrected chi connectivity index (χ1v) is 6.98. The number of carbonyl (C=O) groups is 2. The molecular weight excluding hydrogens is 246 g/mol. The van der Waals surface area contributed by atoms with Crippen molar-refractivity contribution in [2.75, 3.05) is 39.8 Å². The number of amides is 2. The number of carbonyl (C=O) groups excluding carboxylic acids is 2. The van der Waals surface area contributed by atoms with Gasteiger partial charge in [0.25, 0.3) is 0 Å². The molecule has 2 atom stereocenters. The summed E-state index contributed by atoms with van der Waals surface area (Å²) in [7, 11) is 1.38. The second-order valence-electron chi connectivity index (χ2n) is 5.33. The minimum atomic E-state index is -0.309. The second-order valence-corrected chi connectivity index (χ2v) is 5.33. The largest absolute Gasteiger partial charge is 0.453 e. The van der Waals surface area contributed by atoms with Gasteiger partial charge in [-0.2, -0.15) is 0 Å². The maximum Gasteiger partial charge on any atom is 0.409 e. The smallest absolute Gasteiger partial charge is 0.409 e. The SMILES string of the molecule is COC(=O)N1CCN(C(=O)C2NCCCC2C)CC1. The molecule has 19 heavy (non-hydrogen) atoms. The van der Waals surface area contributed by atoms with Crippen LogP contribution in [0.25, 0.3) is 0 Å². The minimum Gasteiger partial charge on any atom is -0.453 e. The summed E-state index contributed by atoms with van der Waals surface area (Å²) < 4.78 is 4.69. The van der Waals surface area contributed by atoms with Crippen LogP contribution in [0.1, 0.15) is 19.8 Å². The third kappa shape index (κ3) is 3.18. The molecule has 108 valence electrons. The van der Waals surface area contributed by atoms with Gasteiger partial charge in [-0.05, 0) is 25.3 Å². The lowest BCUT2D eigenvalue weighted by molar-refractivity contribution is -0.136. The lowest BCUT2D eigenvalue weighted by Gasteiger charge is -2.38. The summed E-state index contributed by atoms with van der Waals surface area (Å²) in [5.74, 6) is 0.566. The van der Waals surface area contributed by atoms with Gasteiger partial charge in [-0.15, -0.1) is 0 Å². The maximum atomic E-state index is 12.4. The Morgan fingerprint density at radius 1 is 1.16 bits per heavy atom. The van der Waals surface area contributed by atoms with Gasteiger partial charge in [0.1, 0.15) is 0 Å². The van der Waals surface area contributed by atoms with E-state index in [4.69, 9.17) is 0 Å². The Morgan fingerprint density at radius 3 is 2.37 bits per heavy atom. The molecule has 2 heterocycles. The van der Waals surface area contributed by atoms with E-state index in [1.165, 1.54) is 7.11 Å². The van der Waals surface area contributed by atoms with Gasteiger partial charge in [0, 0.05) is 26.2 Å². The Bertz CT molecular complexity index is 340. The Balaban J connectivity index is 1.86. The highest BCUT2D eigenvalue weighted by Gasteiger charge is 2.33. The van der Waals surface area contributed by atoms with Crippen LogP contribution >= 0.6 is 0 Å². The van der Waals surface area contributed by atoms with Crippen molar-refractivity contribution in [3.05, 3.63) is 0 Å². The number of rotatable bonds is 1. The molecule has 0 saturated carbocycles. The number of methoxy groups -OCH3 is 1. The van der Waals surface area contributed by atoms with Crippen LogP contribution in [0, 0.1) is 5.92 Å². The zero-order chi connectivity index (χ0) is 13.8. The summed E-state index contributed by atoms with van der Waals surface area (Å²) in [4.78, 5) is 27.3. The molecule has 0 aromatic carbocycles. The van der Waals surface area contributed by atoms with Gasteiger partial charge in [-0.25, -0.2) is 4.79 Å². The topological polar surface area (TPSA) is 61.9 Å². The molecule has 2 fully saturated rings. The predicted molar refractivity (Wildman–Crippen MR) is 70.7 cm³/mol. The van der Waals surface area contributed by atoms with Crippen molar-refractivity contribution in [3.8, 4) is 0 Å². The molecule has 0 aromatic heterocycles. The molecule has 2 rings (SSSR count). The predicted octanol–water partition coefficient (Wildman–Crippen LogP) is 0.285. The van der Waals surface area contributed by atoms with Crippen molar-refractivity contribution in [1.82, 2.24) is 15.1 Å². The van der Waals surface area contributed by atoms with Crippen LogP contribution in [-0.2, 0) is 9.53 Å². The minimum absolute atomic E-state index is 0.0570. The highest BCUT2D eigenvalue weighted by molar-refractivity contribution is 5.82. The number of nitrogens with zero attached hydrogens (tertiary/aromatic N) is 2. The summed E-state index contributed by atoms with van der Waals surface area (Å²) in [6.45, 7) is 5.35. The van der Waals surface area contributed by atoms with Gasteiger partial charge in [-0.1, -0.05) is 6.92 Å². The van der Waals surface area contributed by atoms with Crippen molar-refractivity contribution >= 4 is 12.0 Å². The van der Waals surface area contributed by atoms with Crippen molar-refractivity contribution in [3.63, 3.8) is 0 Å². The third-order valence-corrected chi connectivity index (χ3v) is 4.06. The number of ether oxygens (including phenoxy) is 1. The molecule has 6 nitrogen and oxygen atoms in total. The number of nitrogens with one attached hydrogen (secondary N) is 1. The highest BCUT2D eigenvalue weighted by atomic mass is 16.5. The lowest BCUT2D eigenvalue weighted by atomic mass is 9.91. The van der Waals surface area contributed by atoms with E-state index in [2.05, 4.69) is 17.0 Å². The number of piperazine rings is 1. The summed E-state index contributed by atoms with van der Waals surface area (Å²) in [5.41, 5.74) is 0. The van der Waals surface area contributed by atoms with Gasteiger partial charge < -0.3 is 19.9 Å². The first kappa shape index (κ1) is 14.1. The molecule has 2 amide bonds. The van der Waals surface area contributed by atoms with Crippen LogP contribution in [0.4, 0.5) is 4.79 Å². The van der Waals surface area contributed by atoms with Gasteiger partial charge in [0.15, 0.2) is 0 Å². The average molecular weight is 269 g/mol. The molecule has 2 aliphatic rings. The first-order chi connectivity index (χ1) is 9.13. The molecule has 2 saturated heterocycles. The monoisotopic (exact) mass is 269 g/mol. The number of hydrogen-bond donors (Lipinski definition) is 1. The fourth-order valence-electron chi connectivity index (χ4n) is 2.82.